The van der Waals surface area contributed by atoms with Gasteiger partial charge in [0, 0.05) is 31.0 Å². The molecule has 0 saturated carbocycles. The first-order chi connectivity index (χ1) is 14.6. The molecule has 31 heavy (non-hydrogen) atoms. The number of aromatic nitrogens is 2. The van der Waals surface area contributed by atoms with Gasteiger partial charge >= 0.3 is 0 Å². The highest BCUT2D eigenvalue weighted by Crippen LogP contribution is 2.20. The van der Waals surface area contributed by atoms with Crippen LogP contribution in [-0.4, -0.2) is 44.7 Å². The number of carbonyl (C=O) groups is 1. The van der Waals surface area contributed by atoms with Crippen LogP contribution in [0.25, 0.3) is 5.52 Å². The maximum Gasteiger partial charge on any atom is 0.240 e. The number of hydrogen-bond donors (Lipinski definition) is 3. The summed E-state index contributed by atoms with van der Waals surface area (Å²) < 4.78 is 56.1. The Labute approximate surface area is 180 Å². The number of rotatable bonds is 9. The van der Waals surface area contributed by atoms with Crippen LogP contribution < -0.4 is 14.8 Å². The third-order valence-electron chi connectivity index (χ3n) is 4.41. The first-order valence-electron chi connectivity index (χ1n) is 9.44. The van der Waals surface area contributed by atoms with Crippen LogP contribution in [0, 0.1) is 6.92 Å². The van der Waals surface area contributed by atoms with Crippen molar-refractivity contribution >= 4 is 42.8 Å². The zero-order valence-corrected chi connectivity index (χ0v) is 18.6. The Kier molecular flexibility index (Phi) is 6.62. The predicted octanol–water partition coefficient (Wildman–Crippen LogP) is 1.71. The zero-order valence-electron chi connectivity index (χ0n) is 17.0. The minimum absolute atomic E-state index is 0.0125. The van der Waals surface area contributed by atoms with E-state index in [0.29, 0.717) is 23.4 Å². The van der Waals surface area contributed by atoms with E-state index in [1.807, 2.05) is 0 Å². The van der Waals surface area contributed by atoms with Gasteiger partial charge in [-0.15, -0.1) is 0 Å². The average molecular weight is 466 g/mol. The predicted molar refractivity (Wildman–Crippen MR) is 118 cm³/mol. The Bertz CT molecular complexity index is 1320. The van der Waals surface area contributed by atoms with Crippen molar-refractivity contribution in [3.8, 4) is 0 Å². The van der Waals surface area contributed by atoms with E-state index in [1.165, 1.54) is 12.1 Å². The molecule has 1 aromatic carbocycles. The molecule has 2 heterocycles. The summed E-state index contributed by atoms with van der Waals surface area (Å²) in [6.45, 7) is 3.01. The number of anilines is 2. The highest BCUT2D eigenvalue weighted by molar-refractivity contribution is 7.92. The van der Waals surface area contributed by atoms with E-state index in [1.54, 1.807) is 55.0 Å². The molecule has 166 valence electrons. The molecule has 0 saturated heterocycles. The molecule has 3 rings (SSSR count). The number of nitrogens with zero attached hydrogens (tertiary/aromatic N) is 2. The van der Waals surface area contributed by atoms with Crippen molar-refractivity contribution in [1.82, 2.24) is 14.3 Å². The number of pyridine rings is 1. The molecule has 0 fully saturated rings. The van der Waals surface area contributed by atoms with Gasteiger partial charge in [0.25, 0.3) is 0 Å². The van der Waals surface area contributed by atoms with Crippen molar-refractivity contribution in [3.63, 3.8) is 0 Å². The Morgan fingerprint density at radius 3 is 2.55 bits per heavy atom. The minimum Gasteiger partial charge on any atom is -0.326 e. The Morgan fingerprint density at radius 1 is 1.06 bits per heavy atom. The second kappa shape index (κ2) is 9.04. The van der Waals surface area contributed by atoms with Crippen LogP contribution in [0.5, 0.6) is 0 Å². The molecule has 10 nitrogen and oxygen atoms in total. The maximum absolute atomic E-state index is 12.6. The number of benzene rings is 1. The van der Waals surface area contributed by atoms with Gasteiger partial charge in [0.1, 0.15) is 0 Å². The van der Waals surface area contributed by atoms with E-state index in [0.717, 1.165) is 5.52 Å². The summed E-state index contributed by atoms with van der Waals surface area (Å²) in [5.41, 5.74) is 1.99. The Balaban J connectivity index is 1.62. The van der Waals surface area contributed by atoms with Gasteiger partial charge in [-0.3, -0.25) is 9.52 Å². The van der Waals surface area contributed by atoms with Gasteiger partial charge in [-0.1, -0.05) is 6.92 Å². The molecular weight excluding hydrogens is 442 g/mol. The lowest BCUT2D eigenvalue weighted by atomic mass is 10.2. The fourth-order valence-corrected chi connectivity index (χ4v) is 5.23. The van der Waals surface area contributed by atoms with Crippen molar-refractivity contribution in [3.05, 3.63) is 54.4 Å². The number of nitrogens with one attached hydrogen (secondary N) is 3. The summed E-state index contributed by atoms with van der Waals surface area (Å²) in [7, 11) is -7.70. The van der Waals surface area contributed by atoms with Crippen LogP contribution in [0.3, 0.4) is 0 Å². The molecular formula is C19H23N5O5S2. The molecule has 0 aliphatic carbocycles. The quantitative estimate of drug-likeness (QED) is 0.440. The molecule has 3 N–H and O–H groups in total. The Hall–Kier alpha value is -2.96. The highest BCUT2D eigenvalue weighted by atomic mass is 32.2. The van der Waals surface area contributed by atoms with E-state index in [2.05, 4.69) is 19.9 Å². The second-order valence-corrected chi connectivity index (χ2v) is 10.4. The minimum atomic E-state index is -3.92. The van der Waals surface area contributed by atoms with Crippen molar-refractivity contribution in [2.45, 2.75) is 25.2 Å². The van der Waals surface area contributed by atoms with Crippen LogP contribution in [0.2, 0.25) is 0 Å². The molecule has 0 aliphatic rings. The Morgan fingerprint density at radius 2 is 1.84 bits per heavy atom. The number of sulfonamides is 2. The summed E-state index contributed by atoms with van der Waals surface area (Å²) in [5, 5.41) is 6.69. The van der Waals surface area contributed by atoms with E-state index >= 15 is 0 Å². The number of amides is 1. The van der Waals surface area contributed by atoms with E-state index in [-0.39, 0.29) is 17.3 Å². The highest BCUT2D eigenvalue weighted by Gasteiger charge is 2.19. The average Bonchev–Trinajstić information content (AvgIpc) is 3.14. The maximum atomic E-state index is 12.6. The molecule has 0 bridgehead atoms. The van der Waals surface area contributed by atoms with Crippen molar-refractivity contribution < 1.29 is 21.6 Å². The van der Waals surface area contributed by atoms with Crippen molar-refractivity contribution in [2.24, 2.45) is 0 Å². The summed E-state index contributed by atoms with van der Waals surface area (Å²) in [4.78, 5) is 11.5. The van der Waals surface area contributed by atoms with Gasteiger partial charge in [0.05, 0.1) is 21.9 Å². The zero-order chi connectivity index (χ0) is 22.6. The molecule has 0 spiro atoms. The number of carbonyl (C=O) groups excluding carboxylic acids is 1. The largest absolute Gasteiger partial charge is 0.326 e. The van der Waals surface area contributed by atoms with Gasteiger partial charge in [-0.25, -0.2) is 26.1 Å². The standard InChI is InChI=1S/C19H23N5O5S2/c1-3-19(25)22-15-4-5-18(14(2)12-15)31(28,29)21-9-11-30(26,27)23-16-7-10-24-17(13-16)6-8-20-24/h4-8,10,12-13,21,23H,3,9,11H2,1-2H3,(H,22,25). The van der Waals surface area contributed by atoms with Gasteiger partial charge in [-0.05, 0) is 48.9 Å². The lowest BCUT2D eigenvalue weighted by Gasteiger charge is -2.12. The summed E-state index contributed by atoms with van der Waals surface area (Å²) in [6.07, 6.45) is 3.51. The number of hydrogen-bond acceptors (Lipinski definition) is 6. The van der Waals surface area contributed by atoms with E-state index < -0.39 is 25.8 Å². The number of aryl methyl sites for hydroxylation is 1. The summed E-state index contributed by atoms with van der Waals surface area (Å²) >= 11 is 0. The van der Waals surface area contributed by atoms with Gasteiger partial charge in [0.2, 0.25) is 26.0 Å². The molecule has 1 amide bonds. The lowest BCUT2D eigenvalue weighted by molar-refractivity contribution is -0.115. The molecule has 0 atom stereocenters. The molecule has 0 aliphatic heterocycles. The first-order valence-corrected chi connectivity index (χ1v) is 12.6. The molecule has 0 radical (unpaired) electrons. The van der Waals surface area contributed by atoms with E-state index in [9.17, 15) is 21.6 Å². The van der Waals surface area contributed by atoms with Crippen LogP contribution in [0.4, 0.5) is 11.4 Å². The summed E-state index contributed by atoms with van der Waals surface area (Å²) in [6, 6.07) is 9.32. The SMILES string of the molecule is CCC(=O)Nc1ccc(S(=O)(=O)NCCS(=O)(=O)Nc2ccn3nccc3c2)c(C)c1. The molecule has 0 unspecified atom stereocenters. The van der Waals surface area contributed by atoms with Gasteiger partial charge in [0.15, 0.2) is 0 Å². The normalized spacial score (nSPS) is 12.1. The van der Waals surface area contributed by atoms with Crippen LogP contribution in [0.1, 0.15) is 18.9 Å². The second-order valence-electron chi connectivity index (χ2n) is 6.82. The molecule has 2 aromatic heterocycles. The third kappa shape index (κ3) is 5.81. The molecule has 3 aromatic rings. The van der Waals surface area contributed by atoms with Gasteiger partial charge < -0.3 is 5.32 Å². The smallest absolute Gasteiger partial charge is 0.240 e. The van der Waals surface area contributed by atoms with E-state index in [4.69, 9.17) is 0 Å². The van der Waals surface area contributed by atoms with Crippen LogP contribution in [-0.2, 0) is 24.8 Å². The monoisotopic (exact) mass is 465 g/mol. The third-order valence-corrected chi connectivity index (χ3v) is 7.31. The van der Waals surface area contributed by atoms with Crippen molar-refractivity contribution in [1.29, 1.82) is 0 Å². The first kappa shape index (κ1) is 22.7. The topological polar surface area (TPSA) is 139 Å². The molecule has 12 heteroatoms. The fraction of sp³-hybridized carbons (Fsp3) is 0.263. The van der Waals surface area contributed by atoms with Crippen molar-refractivity contribution in [2.75, 3.05) is 22.3 Å². The summed E-state index contributed by atoms with van der Waals surface area (Å²) in [5.74, 6) is -0.626. The lowest BCUT2D eigenvalue weighted by Crippen LogP contribution is -2.31. The van der Waals surface area contributed by atoms with Gasteiger partial charge in [-0.2, -0.15) is 5.10 Å². The number of fused-ring (bicyclic) bond motifs is 1. The fourth-order valence-electron chi connectivity index (χ4n) is 2.88. The van der Waals surface area contributed by atoms with Crippen LogP contribution >= 0.6 is 0 Å². The van der Waals surface area contributed by atoms with Crippen LogP contribution in [0.15, 0.2) is 53.7 Å².